The zero-order valence-corrected chi connectivity index (χ0v) is 8.71. The molecule has 0 spiro atoms. The highest BCUT2D eigenvalue weighted by Crippen LogP contribution is 2.45. The van der Waals surface area contributed by atoms with Crippen LogP contribution in [-0.2, 0) is 4.79 Å². The minimum absolute atomic E-state index is 0.0302. The predicted octanol–water partition coefficient (Wildman–Crippen LogP) is 2.62. The van der Waals surface area contributed by atoms with E-state index in [1.165, 1.54) is 5.56 Å². The summed E-state index contributed by atoms with van der Waals surface area (Å²) in [5.74, 6) is 0.251. The van der Waals surface area contributed by atoms with Gasteiger partial charge in [-0.15, -0.1) is 0 Å². The Morgan fingerprint density at radius 3 is 3.00 bits per heavy atom. The number of anilines is 1. The van der Waals surface area contributed by atoms with Crippen molar-refractivity contribution in [1.82, 2.24) is 0 Å². The first-order chi connectivity index (χ1) is 7.19. The molecule has 1 atom stereocenters. The van der Waals surface area contributed by atoms with Crippen molar-refractivity contribution >= 4 is 17.0 Å². The largest absolute Gasteiger partial charge is 0.375 e. The van der Waals surface area contributed by atoms with Crippen LogP contribution in [0.15, 0.2) is 30.3 Å². The molecule has 1 aromatic rings. The Kier molecular flexibility index (Phi) is 1.58. The van der Waals surface area contributed by atoms with Gasteiger partial charge in [0.15, 0.2) is 5.78 Å². The topological polar surface area (TPSA) is 29.1 Å². The summed E-state index contributed by atoms with van der Waals surface area (Å²) >= 11 is 0. The maximum atomic E-state index is 11.5. The van der Waals surface area contributed by atoms with Crippen LogP contribution in [0.3, 0.4) is 0 Å². The zero-order chi connectivity index (χ0) is 10.5. The van der Waals surface area contributed by atoms with Gasteiger partial charge in [0.2, 0.25) is 0 Å². The van der Waals surface area contributed by atoms with Crippen molar-refractivity contribution in [2.24, 2.45) is 0 Å². The zero-order valence-electron chi connectivity index (χ0n) is 8.71. The number of benzene rings is 1. The Labute approximate surface area is 89.0 Å². The maximum absolute atomic E-state index is 11.5. The number of nitrogens with one attached hydrogen (secondary N) is 1. The lowest BCUT2D eigenvalue weighted by Gasteiger charge is -2.29. The lowest BCUT2D eigenvalue weighted by atomic mass is 9.81. The summed E-state index contributed by atoms with van der Waals surface area (Å²) in [6.07, 6.45) is 3.36. The molecule has 1 heterocycles. The molecule has 15 heavy (non-hydrogen) atoms. The highest BCUT2D eigenvalue weighted by molar-refractivity contribution is 6.05. The second-order valence-electron chi connectivity index (χ2n) is 4.53. The van der Waals surface area contributed by atoms with E-state index in [2.05, 4.69) is 24.4 Å². The molecule has 0 aromatic heterocycles. The predicted molar refractivity (Wildman–Crippen MR) is 60.7 cm³/mol. The molecule has 1 aliphatic heterocycles. The molecule has 1 N–H and O–H groups in total. The Balaban J connectivity index is 2.21. The molecule has 1 aromatic carbocycles. The fraction of sp³-hybridized carbons (Fsp3) is 0.308. The Morgan fingerprint density at radius 2 is 2.13 bits per heavy atom. The van der Waals surface area contributed by atoms with Crippen molar-refractivity contribution in [2.45, 2.75) is 25.3 Å². The molecule has 76 valence electrons. The number of ketones is 1. The van der Waals surface area contributed by atoms with Crippen LogP contribution < -0.4 is 5.32 Å². The summed E-state index contributed by atoms with van der Waals surface area (Å²) in [5, 5.41) is 3.51. The summed E-state index contributed by atoms with van der Waals surface area (Å²) in [6, 6.07) is 8.20. The van der Waals surface area contributed by atoms with Crippen molar-refractivity contribution < 1.29 is 4.79 Å². The number of carbonyl (C=O) groups is 1. The number of rotatable bonds is 0. The minimum atomic E-state index is -0.0302. The van der Waals surface area contributed by atoms with Gasteiger partial charge < -0.3 is 5.32 Å². The number of fused-ring (bicyclic) bond motifs is 3. The van der Waals surface area contributed by atoms with E-state index in [-0.39, 0.29) is 11.3 Å². The van der Waals surface area contributed by atoms with E-state index in [1.807, 2.05) is 18.2 Å². The molecule has 2 nitrogen and oxygen atoms in total. The Hall–Kier alpha value is -1.57. The van der Waals surface area contributed by atoms with E-state index in [0.717, 1.165) is 17.7 Å². The van der Waals surface area contributed by atoms with E-state index in [4.69, 9.17) is 0 Å². The third-order valence-electron chi connectivity index (χ3n) is 3.40. The number of hydrogen-bond donors (Lipinski definition) is 1. The van der Waals surface area contributed by atoms with Crippen LogP contribution >= 0.6 is 0 Å². The van der Waals surface area contributed by atoms with Gasteiger partial charge >= 0.3 is 0 Å². The maximum Gasteiger partial charge on any atom is 0.156 e. The van der Waals surface area contributed by atoms with Crippen molar-refractivity contribution in [1.29, 1.82) is 0 Å². The van der Waals surface area contributed by atoms with E-state index in [1.54, 1.807) is 0 Å². The van der Waals surface area contributed by atoms with E-state index in [0.29, 0.717) is 6.42 Å². The van der Waals surface area contributed by atoms with Gasteiger partial charge in [-0.3, -0.25) is 4.79 Å². The van der Waals surface area contributed by atoms with Gasteiger partial charge in [-0.25, -0.2) is 0 Å². The smallest absolute Gasteiger partial charge is 0.156 e. The number of para-hydroxylation sites is 1. The number of allylic oxidation sites excluding steroid dienone is 1. The molecule has 2 aliphatic rings. The highest BCUT2D eigenvalue weighted by Gasteiger charge is 2.39. The fourth-order valence-electron chi connectivity index (χ4n) is 2.53. The average Bonchev–Trinajstić information content (AvgIpc) is 2.51. The molecule has 0 radical (unpaired) electrons. The summed E-state index contributed by atoms with van der Waals surface area (Å²) in [7, 11) is 0. The first kappa shape index (κ1) is 8.72. The second kappa shape index (κ2) is 2.72. The molecule has 0 amide bonds. The van der Waals surface area contributed by atoms with Crippen molar-refractivity contribution in [3.63, 3.8) is 0 Å². The van der Waals surface area contributed by atoms with E-state index < -0.39 is 0 Å². The molecule has 2 heteroatoms. The van der Waals surface area contributed by atoms with Crippen molar-refractivity contribution in [3.05, 3.63) is 35.9 Å². The normalized spacial score (nSPS) is 27.8. The van der Waals surface area contributed by atoms with Crippen molar-refractivity contribution in [2.75, 3.05) is 5.32 Å². The van der Waals surface area contributed by atoms with E-state index >= 15 is 0 Å². The van der Waals surface area contributed by atoms with Gasteiger partial charge in [0.05, 0.1) is 5.54 Å². The molecule has 0 saturated carbocycles. The van der Waals surface area contributed by atoms with Gasteiger partial charge in [-0.1, -0.05) is 18.2 Å². The van der Waals surface area contributed by atoms with Crippen molar-refractivity contribution in [3.8, 4) is 0 Å². The molecule has 0 saturated heterocycles. The third-order valence-corrected chi connectivity index (χ3v) is 3.40. The SMILES string of the molecule is CC12CCC(=O)C=C1c1ccccc1N2. The standard InChI is InChI=1S/C13H13NO/c1-13-7-6-9(15)8-11(13)10-4-2-3-5-12(10)14-13/h2-5,8,14H,6-7H2,1H3. The molecule has 1 aliphatic carbocycles. The Morgan fingerprint density at radius 1 is 1.33 bits per heavy atom. The molecule has 1 unspecified atom stereocenters. The molecular formula is C13H13NO. The summed E-state index contributed by atoms with van der Waals surface area (Å²) < 4.78 is 0. The van der Waals surface area contributed by atoms with Crippen LogP contribution in [-0.4, -0.2) is 11.3 Å². The van der Waals surface area contributed by atoms with Crippen LogP contribution in [0.2, 0.25) is 0 Å². The fourth-order valence-corrected chi connectivity index (χ4v) is 2.53. The number of hydrogen-bond acceptors (Lipinski definition) is 2. The minimum Gasteiger partial charge on any atom is -0.375 e. The van der Waals surface area contributed by atoms with Crippen LogP contribution in [0.1, 0.15) is 25.3 Å². The molecule has 3 rings (SSSR count). The number of carbonyl (C=O) groups excluding carboxylic acids is 1. The van der Waals surface area contributed by atoms with Crippen LogP contribution in [0.5, 0.6) is 0 Å². The summed E-state index contributed by atoms with van der Waals surface area (Å²) in [4.78, 5) is 11.5. The molecule has 0 bridgehead atoms. The summed E-state index contributed by atoms with van der Waals surface area (Å²) in [6.45, 7) is 2.17. The lowest BCUT2D eigenvalue weighted by molar-refractivity contribution is -0.115. The first-order valence-electron chi connectivity index (χ1n) is 5.32. The highest BCUT2D eigenvalue weighted by atomic mass is 16.1. The van der Waals surface area contributed by atoms with Gasteiger partial charge in [-0.2, -0.15) is 0 Å². The van der Waals surface area contributed by atoms with Crippen LogP contribution in [0.25, 0.3) is 5.57 Å². The van der Waals surface area contributed by atoms with Gasteiger partial charge in [0, 0.05) is 17.7 Å². The quantitative estimate of drug-likeness (QED) is 0.696. The Bertz CT molecular complexity index is 475. The van der Waals surface area contributed by atoms with Crippen LogP contribution in [0, 0.1) is 0 Å². The lowest BCUT2D eigenvalue weighted by Crippen LogP contribution is -2.34. The molecule has 0 fully saturated rings. The van der Waals surface area contributed by atoms with E-state index in [9.17, 15) is 4.79 Å². The first-order valence-corrected chi connectivity index (χ1v) is 5.32. The van der Waals surface area contributed by atoms with Gasteiger partial charge in [0.25, 0.3) is 0 Å². The molecular weight excluding hydrogens is 186 g/mol. The third kappa shape index (κ3) is 1.14. The average molecular weight is 199 g/mol. The monoisotopic (exact) mass is 199 g/mol. The summed E-state index contributed by atoms with van der Waals surface area (Å²) in [5.41, 5.74) is 3.47. The second-order valence-corrected chi connectivity index (χ2v) is 4.53. The van der Waals surface area contributed by atoms with Gasteiger partial charge in [0.1, 0.15) is 0 Å². The van der Waals surface area contributed by atoms with Crippen LogP contribution in [0.4, 0.5) is 5.69 Å². The van der Waals surface area contributed by atoms with Gasteiger partial charge in [-0.05, 0) is 31.1 Å².